The lowest BCUT2D eigenvalue weighted by Crippen LogP contribution is -2.38. The topological polar surface area (TPSA) is 72.6 Å². The van der Waals surface area contributed by atoms with E-state index in [9.17, 15) is 5.11 Å². The van der Waals surface area contributed by atoms with Gasteiger partial charge in [-0.3, -0.25) is 4.57 Å². The van der Waals surface area contributed by atoms with Crippen LogP contribution in [0.25, 0.3) is 5.69 Å². The van der Waals surface area contributed by atoms with Crippen molar-refractivity contribution < 1.29 is 14.6 Å². The van der Waals surface area contributed by atoms with Crippen LogP contribution in [0.3, 0.4) is 0 Å². The minimum Gasteiger partial charge on any atom is -0.491 e. The number of nitrogens with zero attached hydrogens (tertiary/aromatic N) is 4. The Morgan fingerprint density at radius 2 is 1.80 bits per heavy atom. The maximum atomic E-state index is 10.4. The van der Waals surface area contributed by atoms with Crippen LogP contribution in [-0.2, 0) is 4.74 Å². The number of hydrogen-bond donors (Lipinski definition) is 1. The summed E-state index contributed by atoms with van der Waals surface area (Å²) in [7, 11) is 0. The van der Waals surface area contributed by atoms with Crippen molar-refractivity contribution >= 4 is 17.7 Å². The van der Waals surface area contributed by atoms with Crippen molar-refractivity contribution in [3.05, 3.63) is 60.2 Å². The van der Waals surface area contributed by atoms with E-state index in [0.717, 1.165) is 41.2 Å². The lowest BCUT2D eigenvalue weighted by molar-refractivity contribution is 0.122. The van der Waals surface area contributed by atoms with E-state index in [1.54, 1.807) is 0 Å². The second-order valence-electron chi connectivity index (χ2n) is 7.09. The van der Waals surface area contributed by atoms with E-state index in [-0.39, 0.29) is 6.61 Å². The Morgan fingerprint density at radius 1 is 1.07 bits per heavy atom. The van der Waals surface area contributed by atoms with Gasteiger partial charge in [-0.15, -0.1) is 10.2 Å². The molecule has 0 aliphatic carbocycles. The van der Waals surface area contributed by atoms with Gasteiger partial charge in [0.1, 0.15) is 12.4 Å². The molecule has 1 fully saturated rings. The van der Waals surface area contributed by atoms with Gasteiger partial charge < -0.3 is 19.5 Å². The predicted molar refractivity (Wildman–Crippen MR) is 118 cm³/mol. The average molecular weight is 427 g/mol. The number of thioether (sulfide) groups is 1. The second kappa shape index (κ2) is 9.97. The number of aryl methyl sites for hydroxylation is 1. The van der Waals surface area contributed by atoms with Crippen LogP contribution in [0.1, 0.15) is 5.56 Å². The van der Waals surface area contributed by atoms with Crippen LogP contribution in [0, 0.1) is 6.92 Å². The van der Waals surface area contributed by atoms with Crippen molar-refractivity contribution in [1.29, 1.82) is 0 Å². The van der Waals surface area contributed by atoms with E-state index in [1.807, 2.05) is 42.5 Å². The molecule has 0 saturated carbocycles. The van der Waals surface area contributed by atoms with Gasteiger partial charge >= 0.3 is 0 Å². The lowest BCUT2D eigenvalue weighted by Gasteiger charge is -2.28. The highest BCUT2D eigenvalue weighted by molar-refractivity contribution is 7.99. The number of rotatable bonds is 8. The summed E-state index contributed by atoms with van der Waals surface area (Å²) in [6, 6.07) is 17.7. The first-order valence-corrected chi connectivity index (χ1v) is 11.0. The molecule has 0 radical (unpaired) electrons. The summed E-state index contributed by atoms with van der Waals surface area (Å²) in [6.45, 7) is 5.23. The predicted octanol–water partition coefficient (Wildman–Crippen LogP) is 2.94. The number of benzene rings is 2. The maximum absolute atomic E-state index is 10.4. The fourth-order valence-electron chi connectivity index (χ4n) is 3.28. The summed E-state index contributed by atoms with van der Waals surface area (Å²) in [5, 5.41) is 20.1. The molecule has 8 heteroatoms. The molecule has 1 aromatic heterocycles. The summed E-state index contributed by atoms with van der Waals surface area (Å²) in [5.41, 5.74) is 2.18. The van der Waals surface area contributed by atoms with Gasteiger partial charge in [0, 0.05) is 18.8 Å². The molecule has 0 spiro atoms. The first kappa shape index (κ1) is 20.7. The first-order chi connectivity index (χ1) is 14.7. The fraction of sp³-hybridized carbons (Fsp3) is 0.364. The quantitative estimate of drug-likeness (QED) is 0.555. The Bertz CT molecular complexity index is 945. The number of aliphatic hydroxyl groups is 1. The summed E-state index contributed by atoms with van der Waals surface area (Å²) in [6.07, 6.45) is -0.621. The Kier molecular flexibility index (Phi) is 6.88. The molecule has 1 atom stereocenters. The van der Waals surface area contributed by atoms with E-state index in [0.29, 0.717) is 19.0 Å². The number of aromatic nitrogens is 3. The normalized spacial score (nSPS) is 15.2. The smallest absolute Gasteiger partial charge is 0.232 e. The third-order valence-corrected chi connectivity index (χ3v) is 5.93. The van der Waals surface area contributed by atoms with Crippen molar-refractivity contribution in [1.82, 2.24) is 14.8 Å². The average Bonchev–Trinajstić information content (AvgIpc) is 3.21. The summed E-state index contributed by atoms with van der Waals surface area (Å²) >= 11 is 1.48. The molecule has 7 nitrogen and oxygen atoms in total. The van der Waals surface area contributed by atoms with Crippen LogP contribution >= 0.6 is 11.8 Å². The van der Waals surface area contributed by atoms with Gasteiger partial charge in [0.2, 0.25) is 5.95 Å². The van der Waals surface area contributed by atoms with E-state index >= 15 is 0 Å². The molecule has 3 aromatic rings. The fourth-order valence-corrected chi connectivity index (χ4v) is 4.12. The van der Waals surface area contributed by atoms with Gasteiger partial charge in [-0.1, -0.05) is 48.2 Å². The zero-order chi connectivity index (χ0) is 20.8. The van der Waals surface area contributed by atoms with Crippen LogP contribution in [0.2, 0.25) is 0 Å². The molecule has 0 unspecified atom stereocenters. The monoisotopic (exact) mass is 426 g/mol. The first-order valence-electron chi connectivity index (χ1n) is 10.0. The molecule has 1 saturated heterocycles. The van der Waals surface area contributed by atoms with Gasteiger partial charge in [0.05, 0.1) is 25.0 Å². The third kappa shape index (κ3) is 4.95. The van der Waals surface area contributed by atoms with Crippen molar-refractivity contribution in [2.24, 2.45) is 0 Å². The van der Waals surface area contributed by atoms with Gasteiger partial charge in [-0.2, -0.15) is 0 Å². The molecule has 158 valence electrons. The van der Waals surface area contributed by atoms with E-state index < -0.39 is 6.10 Å². The van der Waals surface area contributed by atoms with Crippen LogP contribution in [-0.4, -0.2) is 64.6 Å². The number of anilines is 1. The van der Waals surface area contributed by atoms with E-state index in [4.69, 9.17) is 9.47 Å². The Labute approximate surface area is 180 Å². The molecule has 2 aromatic carbocycles. The minimum atomic E-state index is -0.621. The maximum Gasteiger partial charge on any atom is 0.232 e. The van der Waals surface area contributed by atoms with Crippen LogP contribution in [0.15, 0.2) is 59.8 Å². The lowest BCUT2D eigenvalue weighted by atomic mass is 10.2. The molecule has 1 N–H and O–H groups in total. The zero-order valence-corrected chi connectivity index (χ0v) is 17.8. The number of aliphatic hydroxyl groups excluding tert-OH is 1. The van der Waals surface area contributed by atoms with Crippen molar-refractivity contribution in [2.75, 3.05) is 43.6 Å². The second-order valence-corrected chi connectivity index (χ2v) is 8.08. The van der Waals surface area contributed by atoms with Gasteiger partial charge in [-0.25, -0.2) is 0 Å². The van der Waals surface area contributed by atoms with E-state index in [1.165, 1.54) is 11.8 Å². The van der Waals surface area contributed by atoms with Crippen LogP contribution in [0.4, 0.5) is 5.95 Å². The van der Waals surface area contributed by atoms with Crippen molar-refractivity contribution in [3.63, 3.8) is 0 Å². The number of morpholine rings is 1. The number of para-hydroxylation sites is 2. The molecule has 30 heavy (non-hydrogen) atoms. The molecule has 1 aliphatic rings. The van der Waals surface area contributed by atoms with Crippen LogP contribution < -0.4 is 9.64 Å². The molecular formula is C22H26N4O3S. The molecule has 0 amide bonds. The van der Waals surface area contributed by atoms with Gasteiger partial charge in [0.15, 0.2) is 5.16 Å². The third-order valence-electron chi connectivity index (χ3n) is 4.86. The Hall–Kier alpha value is -2.55. The number of hydrogen-bond acceptors (Lipinski definition) is 7. The molecule has 2 heterocycles. The molecule has 1 aliphatic heterocycles. The number of ether oxygens (including phenoxy) is 2. The van der Waals surface area contributed by atoms with Crippen molar-refractivity contribution in [3.8, 4) is 11.4 Å². The van der Waals surface area contributed by atoms with Crippen LogP contribution in [0.5, 0.6) is 5.75 Å². The summed E-state index contributed by atoms with van der Waals surface area (Å²) in [5.74, 6) is 2.02. The molecular weight excluding hydrogens is 400 g/mol. The minimum absolute atomic E-state index is 0.228. The summed E-state index contributed by atoms with van der Waals surface area (Å²) in [4.78, 5) is 2.20. The summed E-state index contributed by atoms with van der Waals surface area (Å²) < 4.78 is 13.2. The van der Waals surface area contributed by atoms with Crippen molar-refractivity contribution in [2.45, 2.75) is 18.2 Å². The molecule has 0 bridgehead atoms. The SMILES string of the molecule is Cc1ccccc1-n1c(SC[C@@H](O)COc2ccccc2)nnc1N1CCOCC1. The van der Waals surface area contributed by atoms with Gasteiger partial charge in [-0.05, 0) is 30.7 Å². The highest BCUT2D eigenvalue weighted by atomic mass is 32.2. The standard InChI is InChI=1S/C22H26N4O3S/c1-17-7-5-6-10-20(17)26-21(25-11-13-28-14-12-25)23-24-22(26)30-16-18(27)15-29-19-8-3-2-4-9-19/h2-10,18,27H,11-16H2,1H3/t18-/m0/s1. The highest BCUT2D eigenvalue weighted by Gasteiger charge is 2.23. The molecule has 4 rings (SSSR count). The zero-order valence-electron chi connectivity index (χ0n) is 17.0. The largest absolute Gasteiger partial charge is 0.491 e. The Balaban J connectivity index is 1.49. The van der Waals surface area contributed by atoms with E-state index in [2.05, 4.69) is 38.7 Å². The van der Waals surface area contributed by atoms with Gasteiger partial charge in [0.25, 0.3) is 0 Å². The Morgan fingerprint density at radius 3 is 2.57 bits per heavy atom. The highest BCUT2D eigenvalue weighted by Crippen LogP contribution is 2.29.